The molecule has 0 amide bonds. The van der Waals surface area contributed by atoms with Crippen molar-refractivity contribution in [1.29, 1.82) is 0 Å². The molecule has 444 valence electrons. The van der Waals surface area contributed by atoms with Gasteiger partial charge < -0.3 is 4.57 Å². The summed E-state index contributed by atoms with van der Waals surface area (Å²) >= 11 is 0. The fourth-order valence-corrected chi connectivity index (χ4v) is 16.0. The minimum Gasteiger partial charge on any atom is -0.309 e. The monoisotopic (exact) mass is 1170 g/mol. The molecule has 0 saturated heterocycles. The topological polar surface area (TPSA) is 26.8 Å². The molecule has 11 aromatic rings. The van der Waals surface area contributed by atoms with Crippen LogP contribution in [0.4, 0.5) is 5.69 Å². The molecule has 3 aromatic heterocycles. The van der Waals surface area contributed by atoms with Crippen LogP contribution in [0.2, 0.25) is 0 Å². The third-order valence-electron chi connectivity index (χ3n) is 21.1. The fourth-order valence-electron chi connectivity index (χ4n) is 16.0. The minimum absolute atomic E-state index is 0.0141. The number of imidazole rings is 1. The van der Waals surface area contributed by atoms with Gasteiger partial charge in [0.05, 0.1) is 25.9 Å². The second-order valence-corrected chi connectivity index (χ2v) is 31.8. The van der Waals surface area contributed by atoms with E-state index in [1.54, 1.807) is 0 Å². The fraction of sp³-hybridized carbons (Fsp3) is 0.301. The van der Waals surface area contributed by atoms with Gasteiger partial charge in [0.25, 0.3) is 16.1 Å². The lowest BCUT2D eigenvalue weighted by atomic mass is 9.69. The van der Waals surface area contributed by atoms with Crippen molar-refractivity contribution in [1.82, 2.24) is 14.0 Å². The van der Waals surface area contributed by atoms with E-state index in [1.807, 2.05) is 0 Å². The number of quaternary nitrogens is 1. The molecule has 2 aliphatic carbocycles. The van der Waals surface area contributed by atoms with Gasteiger partial charge >= 0.3 is 11.5 Å². The molecule has 1 fully saturated rings. The molecular weight excluding hydrogens is 1080 g/mol. The Bertz CT molecular complexity index is 4870. The van der Waals surface area contributed by atoms with Crippen LogP contribution < -0.4 is 19.1 Å². The van der Waals surface area contributed by atoms with E-state index >= 15 is 0 Å². The Labute approximate surface area is 526 Å². The minimum atomic E-state index is -0.170. The predicted octanol–water partition coefficient (Wildman–Crippen LogP) is 20.3. The normalized spacial score (nSPS) is 19.3. The van der Waals surface area contributed by atoms with Crippen LogP contribution in [0.5, 0.6) is 5.75 Å². The number of aromatic nitrogens is 4. The van der Waals surface area contributed by atoms with Crippen LogP contribution in [0.1, 0.15) is 150 Å². The molecule has 3 aliphatic heterocycles. The van der Waals surface area contributed by atoms with Crippen molar-refractivity contribution >= 4 is 44.2 Å². The van der Waals surface area contributed by atoms with Crippen molar-refractivity contribution < 1.29 is 14.2 Å². The highest BCUT2D eigenvalue weighted by atomic mass is 16.8. The highest BCUT2D eigenvalue weighted by Gasteiger charge is 2.71. The summed E-state index contributed by atoms with van der Waals surface area (Å²) in [6.45, 7) is 35.8. The van der Waals surface area contributed by atoms with Gasteiger partial charge in [-0.15, -0.1) is 0 Å². The van der Waals surface area contributed by atoms with Crippen molar-refractivity contribution in [3.05, 3.63) is 239 Å². The van der Waals surface area contributed by atoms with E-state index < -0.39 is 0 Å². The Hall–Kier alpha value is -8.58. The third-order valence-corrected chi connectivity index (χ3v) is 21.1. The van der Waals surface area contributed by atoms with E-state index in [0.29, 0.717) is 5.92 Å². The maximum absolute atomic E-state index is 8.03. The number of nitrogens with zero attached hydrogens (tertiary/aromatic N) is 5. The summed E-state index contributed by atoms with van der Waals surface area (Å²) in [7, 11) is 0. The molecule has 8 aromatic carbocycles. The molecule has 4 atom stereocenters. The first-order valence-electron chi connectivity index (χ1n) is 32.6. The summed E-state index contributed by atoms with van der Waals surface area (Å²) in [5.74, 6) is 2.53. The Kier molecular flexibility index (Phi) is 11.6. The van der Waals surface area contributed by atoms with Crippen LogP contribution in [-0.4, -0.2) is 9.13 Å². The van der Waals surface area contributed by atoms with Crippen molar-refractivity contribution in [3.63, 3.8) is 0 Å². The number of rotatable bonds is 7. The number of para-hydroxylation sites is 2. The first kappa shape index (κ1) is 55.7. The molecule has 3 unspecified atom stereocenters. The van der Waals surface area contributed by atoms with Crippen LogP contribution in [0, 0.1) is 22.2 Å². The van der Waals surface area contributed by atoms with Gasteiger partial charge in [-0.1, -0.05) is 213 Å². The van der Waals surface area contributed by atoms with Gasteiger partial charge in [0.15, 0.2) is 5.52 Å². The average molecular weight is 1170 g/mol. The SMILES string of the molecule is CC(C)(C)C1=CC(n2c3[n+]4c5c(cc(C(C)(C)C)cc52)-c2cc([C@H](Cc5ccccc5)c5ccccc5)cc5c2[N+]4(Oc2ccccc2-3)[n+]2ccc(-c3ccc4c(c3)c3ccccc3n4-c3cc(C(C)(C)C)cc(C(C)(C)C)c3)cc2-5)=CC2(C(C)(C)C)CC12. The smallest absolute Gasteiger partial charge is 0.309 e. The van der Waals surface area contributed by atoms with Crippen LogP contribution >= 0.6 is 0 Å². The molecule has 6 heteroatoms. The molecule has 6 nitrogen and oxygen atoms in total. The Balaban J connectivity index is 0.994. The van der Waals surface area contributed by atoms with Gasteiger partial charge in [-0.05, 0) is 169 Å². The largest absolute Gasteiger partial charge is 0.361 e. The van der Waals surface area contributed by atoms with E-state index in [-0.39, 0.29) is 43.3 Å². The van der Waals surface area contributed by atoms with E-state index in [2.05, 4.69) is 323 Å². The zero-order valence-electron chi connectivity index (χ0n) is 54.8. The molecule has 1 spiro atoms. The lowest BCUT2D eigenvalue weighted by Crippen LogP contribution is -2.88. The maximum atomic E-state index is 8.03. The maximum Gasteiger partial charge on any atom is 0.361 e. The number of hydrogen-bond acceptors (Lipinski definition) is 1. The zero-order valence-corrected chi connectivity index (χ0v) is 54.8. The average Bonchev–Trinajstić information content (AvgIpc) is 1.50. The van der Waals surface area contributed by atoms with Crippen molar-refractivity contribution in [2.45, 2.75) is 139 Å². The van der Waals surface area contributed by atoms with Crippen LogP contribution in [0.3, 0.4) is 0 Å². The molecule has 5 aliphatic rings. The van der Waals surface area contributed by atoms with E-state index in [9.17, 15) is 0 Å². The van der Waals surface area contributed by atoms with Crippen LogP contribution in [0.15, 0.2) is 206 Å². The number of allylic oxidation sites excluding steroid dienone is 4. The highest BCUT2D eigenvalue weighted by Crippen LogP contribution is 2.71. The first-order valence-corrected chi connectivity index (χ1v) is 32.6. The highest BCUT2D eigenvalue weighted by molar-refractivity contribution is 6.11. The first-order chi connectivity index (χ1) is 42.2. The predicted molar refractivity (Wildman–Crippen MR) is 368 cm³/mol. The summed E-state index contributed by atoms with van der Waals surface area (Å²) in [6.07, 6.45) is 9.62. The van der Waals surface area contributed by atoms with Crippen molar-refractivity contribution in [2.75, 3.05) is 0 Å². The van der Waals surface area contributed by atoms with Crippen LogP contribution in [-0.2, 0) is 22.7 Å². The lowest BCUT2D eigenvalue weighted by Gasteiger charge is -2.36. The Morgan fingerprint density at radius 3 is 1.85 bits per heavy atom. The van der Waals surface area contributed by atoms with Gasteiger partial charge in [-0.25, -0.2) is 4.84 Å². The molecule has 1 saturated carbocycles. The van der Waals surface area contributed by atoms with E-state index in [4.69, 9.17) is 4.84 Å². The summed E-state index contributed by atoms with van der Waals surface area (Å²) in [5, 5.41) is 2.48. The molecule has 89 heavy (non-hydrogen) atoms. The third kappa shape index (κ3) is 8.17. The van der Waals surface area contributed by atoms with Gasteiger partial charge in [0.1, 0.15) is 16.8 Å². The molecular formula is C83H84N5O+3. The van der Waals surface area contributed by atoms with E-state index in [0.717, 1.165) is 46.9 Å². The molecule has 6 heterocycles. The number of hydrogen-bond donors (Lipinski definition) is 0. The van der Waals surface area contributed by atoms with Crippen molar-refractivity contribution in [2.24, 2.45) is 22.2 Å². The van der Waals surface area contributed by atoms with E-state index in [1.165, 1.54) is 105 Å². The van der Waals surface area contributed by atoms with Gasteiger partial charge in [0, 0.05) is 45.5 Å². The molecule has 0 radical (unpaired) electrons. The molecule has 0 N–H and O–H groups in total. The molecule has 0 bridgehead atoms. The summed E-state index contributed by atoms with van der Waals surface area (Å²) < 4.78 is 10.2. The van der Waals surface area contributed by atoms with Crippen molar-refractivity contribution in [3.8, 4) is 56.3 Å². The quantitative estimate of drug-likeness (QED) is 0.115. The summed E-state index contributed by atoms with van der Waals surface area (Å²) in [5.41, 5.74) is 25.7. The lowest BCUT2D eigenvalue weighted by molar-refractivity contribution is -1.08. The summed E-state index contributed by atoms with van der Waals surface area (Å²) in [4.78, 5) is 8.01. The second kappa shape index (κ2) is 18.5. The van der Waals surface area contributed by atoms with Gasteiger partial charge in [0.2, 0.25) is 11.9 Å². The van der Waals surface area contributed by atoms with Crippen LogP contribution in [0.25, 0.3) is 89.1 Å². The van der Waals surface area contributed by atoms with Gasteiger partial charge in [-0.2, -0.15) is 4.57 Å². The second-order valence-electron chi connectivity index (χ2n) is 31.8. The Morgan fingerprint density at radius 1 is 0.528 bits per heavy atom. The standard InChI is InChI=1S/C83H84N5O/c1-78(2,3)56-43-57(79(4,5)6)45-59(44-56)85-70-32-24-22-30-61(70)64-39-53(34-35-71(64)85)54-36-37-84-72(42-54)67-41-55(63(52-28-20-17-21-29-52)38-51-26-18-16-19-27-51)40-66-65-46-58(80(7,8)9)47-73-75(65)87-77(62-31-23-25-33-74(62)89-88(84,87)76(66)67)86(73)60-48-68(81(10,11)12)69-50-83(69,49-60)82(13,14)15/h16-37,39-49,63,69H,38,50H2,1-15H3/q+3/t63-,69?,83?,88?/m1/s1. The number of fused-ring (bicyclic) bond motifs is 9. The molecule has 16 rings (SSSR count). The number of benzene rings is 8. The Morgan fingerprint density at radius 2 is 1.16 bits per heavy atom. The zero-order chi connectivity index (χ0) is 61.9. The van der Waals surface area contributed by atoms with Gasteiger partial charge in [-0.3, -0.25) is 0 Å². The number of pyridine rings is 1. The summed E-state index contributed by atoms with van der Waals surface area (Å²) in [6, 6.07) is 69.5.